The predicted octanol–water partition coefficient (Wildman–Crippen LogP) is 4.55. The van der Waals surface area contributed by atoms with Crippen molar-refractivity contribution in [2.45, 2.75) is 62.3 Å². The van der Waals surface area contributed by atoms with E-state index in [0.717, 1.165) is 56.9 Å². The summed E-state index contributed by atoms with van der Waals surface area (Å²) in [7, 11) is 4.00. The standard InChI is InChI=1S/C30H35F3N7O/c1-37-14-22-9-20(10-23(15-37)35-22)21-12-25(30(31,32)33)26-16-39(29(41)40(26)13-21)24-8-4-7-19(11-24)27(18-5-3-6-18)28-36-34-17-38(28)2/h4,7-8,11-13,16-18,20,22-24,27,35H,3,5-6,9-10,14-15H2,1-2H3/q+1/t20?,22?,23?,24?,27-/m1/s1. The number of alkyl halides is 3. The molecule has 11 heteroatoms. The normalized spacial score (nSPS) is 30.0. The average molecular weight is 567 g/mol. The van der Waals surface area contributed by atoms with E-state index in [2.05, 4.69) is 27.5 Å². The van der Waals surface area contributed by atoms with Crippen molar-refractivity contribution in [1.82, 2.24) is 19.2 Å². The zero-order valence-corrected chi connectivity index (χ0v) is 23.3. The number of piperidine rings is 1. The summed E-state index contributed by atoms with van der Waals surface area (Å²) in [5.74, 6) is 0.402. The van der Waals surface area contributed by atoms with Crippen LogP contribution in [0.5, 0.6) is 0 Å². The number of aromatic nitrogens is 2. The first-order chi connectivity index (χ1) is 19.7. The Morgan fingerprint density at radius 3 is 2.54 bits per heavy atom. The third kappa shape index (κ3) is 4.80. The quantitative estimate of drug-likeness (QED) is 0.540. The number of azo groups is 1. The molecule has 5 aliphatic rings. The van der Waals surface area contributed by atoms with Crippen LogP contribution in [0.2, 0.25) is 0 Å². The molecule has 2 aromatic rings. The number of likely N-dealkylation sites (N-methyl/N-ethyl adjacent to an activating group) is 1. The number of fused-ring (bicyclic) bond motifs is 3. The number of imidazole rings is 1. The van der Waals surface area contributed by atoms with E-state index >= 15 is 0 Å². The highest BCUT2D eigenvalue weighted by atomic mass is 19.4. The molecule has 1 N–H and O–H groups in total. The second kappa shape index (κ2) is 10.0. The number of nitrogens with zero attached hydrogens (tertiary/aromatic N) is 6. The fraction of sp³-hybridized carbons (Fsp3) is 0.533. The van der Waals surface area contributed by atoms with Crippen molar-refractivity contribution in [3.63, 3.8) is 0 Å². The van der Waals surface area contributed by atoms with Gasteiger partial charge in [0.1, 0.15) is 0 Å². The number of nitrogens with one attached hydrogen (secondary N) is 1. The molecule has 1 saturated carbocycles. The third-order valence-corrected chi connectivity index (χ3v) is 9.55. The summed E-state index contributed by atoms with van der Waals surface area (Å²) in [5, 5.41) is 12.1. The van der Waals surface area contributed by atoms with Gasteiger partial charge in [0.05, 0.1) is 35.2 Å². The van der Waals surface area contributed by atoms with Crippen LogP contribution in [-0.4, -0.2) is 64.1 Å². The number of rotatable bonds is 5. The summed E-state index contributed by atoms with van der Waals surface area (Å²) in [5.41, 5.74) is 0.271. The van der Waals surface area contributed by atoms with E-state index < -0.39 is 23.5 Å². The van der Waals surface area contributed by atoms with E-state index in [1.165, 1.54) is 21.2 Å². The molecule has 3 unspecified atom stereocenters. The lowest BCUT2D eigenvalue weighted by molar-refractivity contribution is -0.483. The highest BCUT2D eigenvalue weighted by Crippen LogP contribution is 2.46. The number of hydrogen-bond donors (Lipinski definition) is 1. The van der Waals surface area contributed by atoms with Gasteiger partial charge in [-0.05, 0) is 61.3 Å². The van der Waals surface area contributed by atoms with Crippen LogP contribution in [0.25, 0.3) is 5.52 Å². The number of likely N-dealkylation sites (tertiary alicyclic amines) is 1. The van der Waals surface area contributed by atoms with Crippen LogP contribution in [0.1, 0.15) is 55.2 Å². The van der Waals surface area contributed by atoms with Gasteiger partial charge in [-0.1, -0.05) is 30.2 Å². The van der Waals surface area contributed by atoms with Gasteiger partial charge in [-0.3, -0.25) is 8.97 Å². The molecule has 0 spiro atoms. The number of hydrogen-bond acceptors (Lipinski definition) is 5. The van der Waals surface area contributed by atoms with Gasteiger partial charge in [0.15, 0.2) is 0 Å². The van der Waals surface area contributed by atoms with Gasteiger partial charge in [-0.2, -0.15) is 13.2 Å². The van der Waals surface area contributed by atoms with Gasteiger partial charge >= 0.3 is 24.4 Å². The molecule has 0 amide bonds. The van der Waals surface area contributed by atoms with Crippen LogP contribution in [0.15, 0.2) is 57.3 Å². The minimum atomic E-state index is -4.58. The van der Waals surface area contributed by atoms with Crippen molar-refractivity contribution >= 4 is 11.9 Å². The summed E-state index contributed by atoms with van der Waals surface area (Å²) in [4.78, 5) is 16.1. The molecule has 2 saturated heterocycles. The highest BCUT2D eigenvalue weighted by Gasteiger charge is 2.44. The Kier molecular flexibility index (Phi) is 6.57. The van der Waals surface area contributed by atoms with Gasteiger partial charge in [-0.15, -0.1) is 0 Å². The van der Waals surface area contributed by atoms with E-state index in [0.29, 0.717) is 11.5 Å². The number of allylic oxidation sites excluding steroid dienone is 3. The Bertz CT molecular complexity index is 1510. The lowest BCUT2D eigenvalue weighted by Crippen LogP contribution is -2.58. The van der Waals surface area contributed by atoms with Crippen LogP contribution < -0.4 is 11.0 Å². The second-order valence-corrected chi connectivity index (χ2v) is 12.4. The fourth-order valence-electron chi connectivity index (χ4n) is 7.45. The molecule has 41 heavy (non-hydrogen) atoms. The molecule has 3 aliphatic heterocycles. The molecule has 2 bridgehead atoms. The first-order valence-corrected chi connectivity index (χ1v) is 14.5. The van der Waals surface area contributed by atoms with Gasteiger partial charge < -0.3 is 10.2 Å². The molecule has 2 radical (unpaired) electrons. The Hall–Kier alpha value is -3.05. The Morgan fingerprint density at radius 2 is 1.90 bits per heavy atom. The summed E-state index contributed by atoms with van der Waals surface area (Å²) >= 11 is 0. The summed E-state index contributed by atoms with van der Waals surface area (Å²) in [6.07, 6.45) is 13.6. The first kappa shape index (κ1) is 26.8. The highest BCUT2D eigenvalue weighted by molar-refractivity contribution is 5.57. The summed E-state index contributed by atoms with van der Waals surface area (Å²) in [6, 6.07) is 1.24. The molecule has 8 nitrogen and oxygen atoms in total. The zero-order chi connectivity index (χ0) is 28.5. The smallest absolute Gasteiger partial charge is 0.309 e. The van der Waals surface area contributed by atoms with Gasteiger partial charge in [-0.25, -0.2) is 9.37 Å². The van der Waals surface area contributed by atoms with E-state index in [-0.39, 0.29) is 29.4 Å². The lowest BCUT2D eigenvalue weighted by Gasteiger charge is -2.44. The van der Waals surface area contributed by atoms with Crippen molar-refractivity contribution in [2.75, 3.05) is 27.2 Å². The minimum absolute atomic E-state index is 0.0205. The van der Waals surface area contributed by atoms with Crippen molar-refractivity contribution in [3.05, 3.63) is 76.5 Å². The Labute approximate surface area is 236 Å². The Balaban J connectivity index is 1.23. The molecule has 2 aromatic heterocycles. The maximum Gasteiger partial charge on any atom is 0.418 e. The SMILES string of the molecule is CN1CC2CC(c3cc(C(F)(F)F)c4cn(C5[CH]C([C@H]([C]6N=NC=[N+]6C)C6CCC6)=CC=C5)c(=O)n4c3)CC(C1)N2. The van der Waals surface area contributed by atoms with Crippen LogP contribution in [0.3, 0.4) is 0 Å². The molecule has 3 fully saturated rings. The van der Waals surface area contributed by atoms with Crippen LogP contribution in [0, 0.1) is 24.4 Å². The van der Waals surface area contributed by atoms with Gasteiger partial charge in [0, 0.05) is 44.0 Å². The summed E-state index contributed by atoms with van der Waals surface area (Å²) in [6.45, 7) is 1.74. The molecular weight excluding hydrogens is 531 g/mol. The number of halogens is 3. The largest absolute Gasteiger partial charge is 0.418 e. The van der Waals surface area contributed by atoms with Crippen LogP contribution in [-0.2, 0) is 6.18 Å². The monoisotopic (exact) mass is 566 g/mol. The molecule has 5 heterocycles. The van der Waals surface area contributed by atoms with Crippen molar-refractivity contribution in [1.29, 1.82) is 0 Å². The number of piperazine rings is 1. The average Bonchev–Trinajstić information content (AvgIpc) is 3.47. The number of pyridine rings is 1. The lowest BCUT2D eigenvalue weighted by atomic mass is 9.69. The fourth-order valence-corrected chi connectivity index (χ4v) is 7.45. The maximum atomic E-state index is 14.4. The first-order valence-electron chi connectivity index (χ1n) is 14.5. The van der Waals surface area contributed by atoms with Gasteiger partial charge in [0.2, 0.25) is 0 Å². The Morgan fingerprint density at radius 1 is 1.15 bits per heavy atom. The van der Waals surface area contributed by atoms with E-state index in [4.69, 9.17) is 0 Å². The van der Waals surface area contributed by atoms with Crippen molar-refractivity contribution < 1.29 is 17.7 Å². The molecule has 7 rings (SSSR count). The molecule has 216 valence electrons. The van der Waals surface area contributed by atoms with Crippen LogP contribution in [0.4, 0.5) is 13.2 Å². The molecule has 0 aromatic carbocycles. The third-order valence-electron chi connectivity index (χ3n) is 9.55. The van der Waals surface area contributed by atoms with E-state index in [9.17, 15) is 18.0 Å². The predicted molar refractivity (Wildman–Crippen MR) is 149 cm³/mol. The molecular formula is C30H35F3N7O+. The summed E-state index contributed by atoms with van der Waals surface area (Å²) < 4.78 is 47.9. The van der Waals surface area contributed by atoms with Crippen LogP contribution >= 0.6 is 0 Å². The van der Waals surface area contributed by atoms with Crippen molar-refractivity contribution in [3.8, 4) is 0 Å². The van der Waals surface area contributed by atoms with Crippen molar-refractivity contribution in [2.24, 2.45) is 22.1 Å². The zero-order valence-electron chi connectivity index (χ0n) is 23.3. The minimum Gasteiger partial charge on any atom is -0.309 e. The topological polar surface area (TPSA) is 69.4 Å². The van der Waals surface area contributed by atoms with Gasteiger partial charge in [0.25, 0.3) is 0 Å². The molecule has 2 aliphatic carbocycles. The maximum absolute atomic E-state index is 14.4. The van der Waals surface area contributed by atoms with E-state index in [1.807, 2.05) is 36.3 Å². The van der Waals surface area contributed by atoms with E-state index in [1.54, 1.807) is 12.5 Å². The second-order valence-electron chi connectivity index (χ2n) is 12.4. The molecule has 4 atom stereocenters.